The van der Waals surface area contributed by atoms with Crippen LogP contribution in [0.3, 0.4) is 0 Å². The predicted molar refractivity (Wildman–Crippen MR) is 108 cm³/mol. The van der Waals surface area contributed by atoms with Crippen LogP contribution in [0.4, 0.5) is 5.69 Å². The van der Waals surface area contributed by atoms with E-state index in [0.717, 1.165) is 16.3 Å². The number of amides is 1. The van der Waals surface area contributed by atoms with Crippen LogP contribution in [0.2, 0.25) is 0 Å². The minimum atomic E-state index is -0.500. The normalized spacial score (nSPS) is 10.8. The van der Waals surface area contributed by atoms with Gasteiger partial charge in [0.15, 0.2) is 5.76 Å². The number of nitro benzene ring substituents is 1. The maximum Gasteiger partial charge on any atom is 0.273 e. The lowest BCUT2D eigenvalue weighted by atomic mass is 10.1. The van der Waals surface area contributed by atoms with Gasteiger partial charge < -0.3 is 9.84 Å². The predicted octanol–water partition coefficient (Wildman–Crippen LogP) is 4.64. The number of aromatic nitrogens is 1. The number of nitrogens with zero attached hydrogens (tertiary/aromatic N) is 2. The van der Waals surface area contributed by atoms with E-state index in [4.69, 9.17) is 4.52 Å². The van der Waals surface area contributed by atoms with Gasteiger partial charge >= 0.3 is 0 Å². The minimum Gasteiger partial charge on any atom is -0.356 e. The summed E-state index contributed by atoms with van der Waals surface area (Å²) in [6.07, 6.45) is 0. The summed E-state index contributed by atoms with van der Waals surface area (Å²) >= 11 is 0. The largest absolute Gasteiger partial charge is 0.356 e. The first kappa shape index (κ1) is 18.4. The van der Waals surface area contributed by atoms with Crippen LogP contribution in [0, 0.1) is 17.0 Å². The molecule has 1 N–H and O–H groups in total. The smallest absolute Gasteiger partial charge is 0.273 e. The third-order valence-electron chi connectivity index (χ3n) is 4.77. The number of rotatable bonds is 5. The summed E-state index contributed by atoms with van der Waals surface area (Å²) in [6.45, 7) is 1.71. The van der Waals surface area contributed by atoms with Gasteiger partial charge in [-0.15, -0.1) is 0 Å². The molecule has 0 saturated heterocycles. The van der Waals surface area contributed by atoms with Crippen LogP contribution in [0.5, 0.6) is 0 Å². The Morgan fingerprint density at radius 1 is 1.07 bits per heavy atom. The Hall–Kier alpha value is -4.00. The molecule has 29 heavy (non-hydrogen) atoms. The van der Waals surface area contributed by atoms with Crippen LogP contribution in [-0.4, -0.2) is 16.0 Å². The Kier molecular flexibility index (Phi) is 4.78. The summed E-state index contributed by atoms with van der Waals surface area (Å²) in [6, 6.07) is 20.2. The number of carbonyl (C=O) groups is 1. The van der Waals surface area contributed by atoms with Crippen LogP contribution < -0.4 is 5.32 Å². The molecule has 1 aromatic heterocycles. The van der Waals surface area contributed by atoms with Crippen LogP contribution >= 0.6 is 0 Å². The van der Waals surface area contributed by atoms with Crippen molar-refractivity contribution >= 4 is 22.4 Å². The third-order valence-corrected chi connectivity index (χ3v) is 4.77. The van der Waals surface area contributed by atoms with Gasteiger partial charge in [-0.05, 0) is 29.8 Å². The number of benzene rings is 3. The average Bonchev–Trinajstić information content (AvgIpc) is 3.20. The highest BCUT2D eigenvalue weighted by molar-refractivity contribution is 5.96. The Labute approximate surface area is 166 Å². The fraction of sp³-hybridized carbons (Fsp3) is 0.0909. The molecule has 0 radical (unpaired) electrons. The highest BCUT2D eigenvalue weighted by Crippen LogP contribution is 2.25. The quantitative estimate of drug-likeness (QED) is 0.397. The molecule has 1 amide bonds. The molecule has 0 unspecified atom stereocenters. The second-order valence-corrected chi connectivity index (χ2v) is 6.63. The molecule has 1 heterocycles. The maximum absolute atomic E-state index is 12.4. The van der Waals surface area contributed by atoms with Crippen molar-refractivity contribution in [2.75, 3.05) is 0 Å². The summed E-state index contributed by atoms with van der Waals surface area (Å²) in [7, 11) is 0. The molecule has 0 saturated carbocycles. The summed E-state index contributed by atoms with van der Waals surface area (Å²) in [5, 5.41) is 20.0. The number of fused-ring (bicyclic) bond motifs is 1. The van der Waals surface area contributed by atoms with Gasteiger partial charge in [0, 0.05) is 28.8 Å². The zero-order valence-corrected chi connectivity index (χ0v) is 15.6. The van der Waals surface area contributed by atoms with E-state index in [0.29, 0.717) is 17.0 Å². The van der Waals surface area contributed by atoms with Crippen molar-refractivity contribution in [3.63, 3.8) is 0 Å². The maximum atomic E-state index is 12.4. The van der Waals surface area contributed by atoms with Gasteiger partial charge in [0.25, 0.3) is 11.6 Å². The Morgan fingerprint density at radius 2 is 1.86 bits per heavy atom. The van der Waals surface area contributed by atoms with Gasteiger partial charge in [0.2, 0.25) is 0 Å². The van der Waals surface area contributed by atoms with Crippen molar-refractivity contribution in [3.05, 3.63) is 93.7 Å². The van der Waals surface area contributed by atoms with Crippen molar-refractivity contribution < 1.29 is 14.2 Å². The zero-order valence-electron chi connectivity index (χ0n) is 15.6. The van der Waals surface area contributed by atoms with Crippen molar-refractivity contribution in [1.29, 1.82) is 0 Å². The van der Waals surface area contributed by atoms with Gasteiger partial charge in [-0.3, -0.25) is 14.9 Å². The number of carbonyl (C=O) groups excluding carboxylic acids is 1. The molecular weight excluding hydrogens is 370 g/mol. The molecule has 4 rings (SSSR count). The first-order valence-electron chi connectivity index (χ1n) is 9.00. The number of nitrogens with one attached hydrogen (secondary N) is 1. The fourth-order valence-electron chi connectivity index (χ4n) is 3.21. The van der Waals surface area contributed by atoms with E-state index in [9.17, 15) is 14.9 Å². The molecule has 0 fully saturated rings. The van der Waals surface area contributed by atoms with E-state index in [-0.39, 0.29) is 17.8 Å². The lowest BCUT2D eigenvalue weighted by molar-refractivity contribution is -0.385. The van der Waals surface area contributed by atoms with Gasteiger partial charge in [0.05, 0.1) is 11.5 Å². The van der Waals surface area contributed by atoms with E-state index in [2.05, 4.69) is 10.5 Å². The summed E-state index contributed by atoms with van der Waals surface area (Å²) in [5.74, 6) is 0.202. The Balaban J connectivity index is 1.49. The van der Waals surface area contributed by atoms with Gasteiger partial charge in [-0.2, -0.15) is 0 Å². The van der Waals surface area contributed by atoms with Crippen LogP contribution in [0.25, 0.3) is 22.1 Å². The SMILES string of the molecule is Cc1c(C(=O)NCc2cc(-c3ccc4ccccc4c3)on2)cccc1[N+](=O)[O-]. The molecule has 0 bridgehead atoms. The lowest BCUT2D eigenvalue weighted by Crippen LogP contribution is -2.24. The highest BCUT2D eigenvalue weighted by Gasteiger charge is 2.18. The highest BCUT2D eigenvalue weighted by atomic mass is 16.6. The van der Waals surface area contributed by atoms with E-state index in [1.807, 2.05) is 42.5 Å². The van der Waals surface area contributed by atoms with Gasteiger partial charge in [-0.1, -0.05) is 47.6 Å². The van der Waals surface area contributed by atoms with E-state index < -0.39 is 10.8 Å². The first-order valence-corrected chi connectivity index (χ1v) is 9.00. The molecular formula is C22H17N3O4. The second-order valence-electron chi connectivity index (χ2n) is 6.63. The number of hydrogen-bond donors (Lipinski definition) is 1. The molecule has 7 heteroatoms. The van der Waals surface area contributed by atoms with Crippen molar-refractivity contribution in [2.24, 2.45) is 0 Å². The monoisotopic (exact) mass is 387 g/mol. The summed E-state index contributed by atoms with van der Waals surface area (Å²) in [5.41, 5.74) is 1.95. The van der Waals surface area contributed by atoms with Crippen molar-refractivity contribution in [3.8, 4) is 11.3 Å². The van der Waals surface area contributed by atoms with Crippen molar-refractivity contribution in [2.45, 2.75) is 13.5 Å². The fourth-order valence-corrected chi connectivity index (χ4v) is 3.21. The molecule has 0 aliphatic heterocycles. The van der Waals surface area contributed by atoms with Crippen LogP contribution in [0.1, 0.15) is 21.6 Å². The lowest BCUT2D eigenvalue weighted by Gasteiger charge is -2.06. The molecule has 0 aliphatic carbocycles. The van der Waals surface area contributed by atoms with E-state index >= 15 is 0 Å². The topological polar surface area (TPSA) is 98.3 Å². The van der Waals surface area contributed by atoms with Gasteiger partial charge in [-0.25, -0.2) is 0 Å². The van der Waals surface area contributed by atoms with Crippen LogP contribution in [-0.2, 0) is 6.54 Å². The number of nitro groups is 1. The summed E-state index contributed by atoms with van der Waals surface area (Å²) < 4.78 is 5.42. The van der Waals surface area contributed by atoms with Gasteiger partial charge in [0.1, 0.15) is 5.69 Å². The Bertz CT molecular complexity index is 1230. The molecule has 0 spiro atoms. The molecule has 3 aromatic carbocycles. The molecule has 144 valence electrons. The average molecular weight is 387 g/mol. The van der Waals surface area contributed by atoms with Crippen molar-refractivity contribution in [1.82, 2.24) is 10.5 Å². The minimum absolute atomic E-state index is 0.0855. The zero-order chi connectivity index (χ0) is 20.4. The van der Waals surface area contributed by atoms with E-state index in [1.54, 1.807) is 19.1 Å². The molecule has 0 atom stereocenters. The van der Waals surface area contributed by atoms with E-state index in [1.165, 1.54) is 12.1 Å². The number of hydrogen-bond acceptors (Lipinski definition) is 5. The molecule has 4 aromatic rings. The summed E-state index contributed by atoms with van der Waals surface area (Å²) in [4.78, 5) is 23.0. The third kappa shape index (κ3) is 3.70. The second kappa shape index (κ2) is 7.55. The first-order chi connectivity index (χ1) is 14.0. The molecule has 7 nitrogen and oxygen atoms in total. The standard InChI is InChI=1S/C22H17N3O4/c1-14-19(7-4-8-20(14)25(27)28)22(26)23-13-18-12-21(29-24-18)17-10-9-15-5-2-3-6-16(15)11-17/h2-12H,13H2,1H3,(H,23,26). The van der Waals surface area contributed by atoms with Crippen LogP contribution in [0.15, 0.2) is 71.3 Å². The molecule has 0 aliphatic rings. The Morgan fingerprint density at radius 3 is 2.66 bits per heavy atom.